The van der Waals surface area contributed by atoms with Crippen molar-refractivity contribution in [3.05, 3.63) is 48.4 Å². The second-order valence-electron chi connectivity index (χ2n) is 5.85. The predicted octanol–water partition coefficient (Wildman–Crippen LogP) is 2.06. The first kappa shape index (κ1) is 15.6. The highest BCUT2D eigenvalue weighted by Crippen LogP contribution is 2.26. The van der Waals surface area contributed by atoms with Crippen LogP contribution in [-0.4, -0.2) is 42.0 Å². The molecule has 0 aromatic carbocycles. The van der Waals surface area contributed by atoms with Crippen LogP contribution >= 0.6 is 0 Å². The molecule has 25 heavy (non-hydrogen) atoms. The highest BCUT2D eigenvalue weighted by Gasteiger charge is 2.36. The maximum absolute atomic E-state index is 12.2. The summed E-state index contributed by atoms with van der Waals surface area (Å²) < 4.78 is 15.5. The van der Waals surface area contributed by atoms with Gasteiger partial charge in [0.25, 0.3) is 5.88 Å². The SMILES string of the molecule is O=C1OC[C@@H](COc2ccon2)N1c1cc(C2C=CCCN2)ccn1. The summed E-state index contributed by atoms with van der Waals surface area (Å²) in [6.07, 6.45) is 8.00. The first-order chi connectivity index (χ1) is 12.3. The highest BCUT2D eigenvalue weighted by molar-refractivity contribution is 5.89. The molecular formula is C17H18N4O4. The summed E-state index contributed by atoms with van der Waals surface area (Å²) in [7, 11) is 0. The van der Waals surface area contributed by atoms with Gasteiger partial charge >= 0.3 is 6.09 Å². The number of nitrogens with one attached hydrogen (secondary N) is 1. The van der Waals surface area contributed by atoms with Crippen molar-refractivity contribution < 1.29 is 18.8 Å². The Morgan fingerprint density at radius 2 is 2.36 bits per heavy atom. The summed E-state index contributed by atoms with van der Waals surface area (Å²) in [5.74, 6) is 0.923. The maximum Gasteiger partial charge on any atom is 0.416 e. The Morgan fingerprint density at radius 3 is 3.16 bits per heavy atom. The molecule has 0 radical (unpaired) electrons. The molecule has 1 fully saturated rings. The number of nitrogens with zero attached hydrogens (tertiary/aromatic N) is 3. The summed E-state index contributed by atoms with van der Waals surface area (Å²) in [6.45, 7) is 1.41. The summed E-state index contributed by atoms with van der Waals surface area (Å²) in [5, 5.41) is 7.12. The number of pyridine rings is 1. The van der Waals surface area contributed by atoms with Crippen LogP contribution in [0.5, 0.6) is 5.88 Å². The van der Waals surface area contributed by atoms with Gasteiger partial charge in [-0.3, -0.25) is 4.90 Å². The van der Waals surface area contributed by atoms with Crippen molar-refractivity contribution in [2.24, 2.45) is 0 Å². The third-order valence-electron chi connectivity index (χ3n) is 4.18. The van der Waals surface area contributed by atoms with Crippen LogP contribution in [0.3, 0.4) is 0 Å². The molecule has 0 aliphatic carbocycles. The van der Waals surface area contributed by atoms with Gasteiger partial charge in [0.05, 0.1) is 6.04 Å². The molecule has 1 amide bonds. The number of carbonyl (C=O) groups excluding carboxylic acids is 1. The van der Waals surface area contributed by atoms with Gasteiger partial charge in [-0.2, -0.15) is 0 Å². The van der Waals surface area contributed by atoms with Crippen molar-refractivity contribution in [3.63, 3.8) is 0 Å². The average molecular weight is 342 g/mol. The number of amides is 1. The Kier molecular flexibility index (Phi) is 4.34. The number of hydrogen-bond acceptors (Lipinski definition) is 7. The number of rotatable bonds is 5. The van der Waals surface area contributed by atoms with E-state index in [2.05, 4.69) is 27.6 Å². The van der Waals surface area contributed by atoms with E-state index in [1.54, 1.807) is 12.3 Å². The van der Waals surface area contributed by atoms with Gasteiger partial charge in [0.1, 0.15) is 31.3 Å². The fourth-order valence-electron chi connectivity index (χ4n) is 2.93. The van der Waals surface area contributed by atoms with Crippen LogP contribution in [0, 0.1) is 0 Å². The minimum atomic E-state index is -0.425. The lowest BCUT2D eigenvalue weighted by atomic mass is 10.0. The predicted molar refractivity (Wildman–Crippen MR) is 88.4 cm³/mol. The smallest absolute Gasteiger partial charge is 0.416 e. The Hall–Kier alpha value is -2.87. The molecule has 4 heterocycles. The second kappa shape index (κ2) is 6.94. The highest BCUT2D eigenvalue weighted by atomic mass is 16.6. The first-order valence-corrected chi connectivity index (χ1v) is 8.16. The summed E-state index contributed by atoms with van der Waals surface area (Å²) in [6, 6.07) is 5.31. The van der Waals surface area contributed by atoms with E-state index >= 15 is 0 Å². The Bertz CT molecular complexity index is 762. The standard InChI is InChI=1S/C17H18N4O4/c22-17-21(13(11-24-17)10-23-16-5-8-25-20-16)15-9-12(4-7-19-15)14-3-1-2-6-18-14/h1,3-5,7-9,13-14,18H,2,6,10-11H2/t13-,14?/m1/s1. The van der Waals surface area contributed by atoms with E-state index in [1.165, 1.54) is 11.2 Å². The number of hydrogen-bond donors (Lipinski definition) is 1. The lowest BCUT2D eigenvalue weighted by Gasteiger charge is -2.23. The molecule has 1 saturated heterocycles. The quantitative estimate of drug-likeness (QED) is 0.832. The van der Waals surface area contributed by atoms with Gasteiger partial charge in [-0.1, -0.05) is 12.2 Å². The van der Waals surface area contributed by atoms with Crippen molar-refractivity contribution in [2.75, 3.05) is 24.7 Å². The van der Waals surface area contributed by atoms with Gasteiger partial charge in [-0.05, 0) is 35.8 Å². The number of ether oxygens (including phenoxy) is 2. The average Bonchev–Trinajstić information content (AvgIpc) is 3.30. The fourth-order valence-corrected chi connectivity index (χ4v) is 2.93. The van der Waals surface area contributed by atoms with E-state index in [1.807, 2.05) is 12.1 Å². The summed E-state index contributed by atoms with van der Waals surface area (Å²) in [4.78, 5) is 18.0. The van der Waals surface area contributed by atoms with Gasteiger partial charge in [-0.15, -0.1) is 0 Å². The van der Waals surface area contributed by atoms with Crippen LogP contribution in [0.2, 0.25) is 0 Å². The van der Waals surface area contributed by atoms with Gasteiger partial charge in [0.2, 0.25) is 0 Å². The van der Waals surface area contributed by atoms with Crippen molar-refractivity contribution >= 4 is 11.9 Å². The first-order valence-electron chi connectivity index (χ1n) is 8.16. The molecule has 0 saturated carbocycles. The maximum atomic E-state index is 12.2. The number of cyclic esters (lactones) is 1. The monoisotopic (exact) mass is 342 g/mol. The van der Waals surface area contributed by atoms with E-state index in [0.29, 0.717) is 11.7 Å². The Morgan fingerprint density at radius 1 is 1.40 bits per heavy atom. The van der Waals surface area contributed by atoms with E-state index < -0.39 is 6.09 Å². The molecule has 0 bridgehead atoms. The normalized spacial score (nSPS) is 22.9. The molecule has 8 nitrogen and oxygen atoms in total. The zero-order chi connectivity index (χ0) is 17.1. The van der Waals surface area contributed by atoms with Gasteiger partial charge < -0.3 is 19.3 Å². The Labute approximate surface area is 144 Å². The molecule has 8 heteroatoms. The van der Waals surface area contributed by atoms with E-state index in [-0.39, 0.29) is 25.3 Å². The third-order valence-corrected chi connectivity index (χ3v) is 4.18. The minimum absolute atomic E-state index is 0.124. The van der Waals surface area contributed by atoms with Crippen molar-refractivity contribution in [1.29, 1.82) is 0 Å². The topological polar surface area (TPSA) is 89.7 Å². The fraction of sp³-hybridized carbons (Fsp3) is 0.353. The van der Waals surface area contributed by atoms with Gasteiger partial charge in [0, 0.05) is 12.3 Å². The molecule has 130 valence electrons. The minimum Gasteiger partial charge on any atom is -0.473 e. The summed E-state index contributed by atoms with van der Waals surface area (Å²) in [5.41, 5.74) is 1.05. The summed E-state index contributed by atoms with van der Waals surface area (Å²) >= 11 is 0. The van der Waals surface area contributed by atoms with Crippen molar-refractivity contribution in [3.8, 4) is 5.88 Å². The molecule has 2 aliphatic rings. The molecule has 1 unspecified atom stereocenters. The van der Waals surface area contributed by atoms with Crippen LogP contribution in [0.15, 0.2) is 47.3 Å². The molecule has 2 aromatic heterocycles. The van der Waals surface area contributed by atoms with Crippen LogP contribution in [-0.2, 0) is 4.74 Å². The number of aromatic nitrogens is 2. The molecule has 2 atom stereocenters. The van der Waals surface area contributed by atoms with Crippen LogP contribution in [0.1, 0.15) is 18.0 Å². The van der Waals surface area contributed by atoms with Crippen LogP contribution < -0.4 is 15.0 Å². The molecule has 0 spiro atoms. The zero-order valence-electron chi connectivity index (χ0n) is 13.5. The largest absolute Gasteiger partial charge is 0.473 e. The lowest BCUT2D eigenvalue weighted by Crippen LogP contribution is -2.38. The van der Waals surface area contributed by atoms with E-state index in [9.17, 15) is 4.79 Å². The van der Waals surface area contributed by atoms with Crippen LogP contribution in [0.25, 0.3) is 0 Å². The lowest BCUT2D eigenvalue weighted by molar-refractivity contribution is 0.174. The van der Waals surface area contributed by atoms with E-state index in [4.69, 9.17) is 14.0 Å². The van der Waals surface area contributed by atoms with Crippen LogP contribution in [0.4, 0.5) is 10.6 Å². The molecular weight excluding hydrogens is 324 g/mol. The molecule has 1 N–H and O–H groups in total. The number of anilines is 1. The molecule has 2 aromatic rings. The van der Waals surface area contributed by atoms with Crippen molar-refractivity contribution in [1.82, 2.24) is 15.5 Å². The molecule has 2 aliphatic heterocycles. The zero-order valence-corrected chi connectivity index (χ0v) is 13.5. The van der Waals surface area contributed by atoms with Gasteiger partial charge in [-0.25, -0.2) is 9.78 Å². The number of carbonyl (C=O) groups is 1. The van der Waals surface area contributed by atoms with E-state index in [0.717, 1.165) is 18.5 Å². The van der Waals surface area contributed by atoms with Crippen molar-refractivity contribution in [2.45, 2.75) is 18.5 Å². The third kappa shape index (κ3) is 3.34. The molecule has 4 rings (SSSR count). The second-order valence-corrected chi connectivity index (χ2v) is 5.85. The van der Waals surface area contributed by atoms with Gasteiger partial charge in [0.15, 0.2) is 0 Å². The Balaban J connectivity index is 1.52.